The molecule has 0 saturated carbocycles. The maximum atomic E-state index is 11.6. The van der Waals surface area contributed by atoms with E-state index in [0.717, 1.165) is 5.56 Å². The lowest BCUT2D eigenvalue weighted by molar-refractivity contribution is 0.0951. The highest BCUT2D eigenvalue weighted by molar-refractivity contribution is 7.80. The Bertz CT molecular complexity index is 592. The Morgan fingerprint density at radius 2 is 1.89 bits per heavy atom. The molecule has 1 amide bonds. The highest BCUT2D eigenvalue weighted by Gasteiger charge is 2.12. The molecule has 6 heteroatoms. The maximum Gasteiger partial charge on any atom is 0.293 e. The van der Waals surface area contributed by atoms with Gasteiger partial charge in [-0.25, -0.2) is 0 Å². The third-order valence-corrected chi connectivity index (χ3v) is 2.55. The Kier molecular flexibility index (Phi) is 3.64. The van der Waals surface area contributed by atoms with Crippen molar-refractivity contribution in [3.05, 3.63) is 47.2 Å². The molecule has 0 fully saturated rings. The molecule has 0 aliphatic heterocycles. The molecule has 0 saturated heterocycles. The summed E-state index contributed by atoms with van der Waals surface area (Å²) >= 11 is 10.4. The first-order valence-corrected chi connectivity index (χ1v) is 5.81. The van der Waals surface area contributed by atoms with Crippen molar-refractivity contribution in [2.24, 2.45) is 5.73 Å². The van der Waals surface area contributed by atoms with Crippen molar-refractivity contribution in [1.29, 1.82) is 0 Å². The number of rotatable bonds is 2. The topological polar surface area (TPSA) is 68.3 Å². The second-order valence-electron chi connectivity index (χ2n) is 3.49. The molecule has 0 aliphatic rings. The zero-order valence-electron chi connectivity index (χ0n) is 9.14. The molecule has 2 rings (SSSR count). The minimum absolute atomic E-state index is 0.0931. The SMILES string of the molecule is NC(=S)NC(=O)c1ccc(-c2ccc(Cl)cc2)o1. The van der Waals surface area contributed by atoms with Crippen LogP contribution in [0.2, 0.25) is 5.02 Å². The fourth-order valence-corrected chi connectivity index (χ4v) is 1.62. The molecule has 18 heavy (non-hydrogen) atoms. The largest absolute Gasteiger partial charge is 0.451 e. The average Bonchev–Trinajstić information content (AvgIpc) is 2.78. The van der Waals surface area contributed by atoms with E-state index in [-0.39, 0.29) is 10.9 Å². The molecule has 0 atom stereocenters. The van der Waals surface area contributed by atoms with Gasteiger partial charge in [0.25, 0.3) is 5.91 Å². The molecule has 0 radical (unpaired) electrons. The smallest absolute Gasteiger partial charge is 0.293 e. The van der Waals surface area contributed by atoms with Crippen LogP contribution in [0.3, 0.4) is 0 Å². The van der Waals surface area contributed by atoms with Gasteiger partial charge in [0.2, 0.25) is 0 Å². The van der Waals surface area contributed by atoms with Crippen LogP contribution in [0.15, 0.2) is 40.8 Å². The van der Waals surface area contributed by atoms with Gasteiger partial charge in [0.05, 0.1) is 0 Å². The summed E-state index contributed by atoms with van der Waals surface area (Å²) in [5, 5.41) is 2.83. The lowest BCUT2D eigenvalue weighted by Gasteiger charge is -1.99. The second-order valence-corrected chi connectivity index (χ2v) is 4.37. The van der Waals surface area contributed by atoms with Gasteiger partial charge in [-0.1, -0.05) is 11.6 Å². The number of nitrogens with one attached hydrogen (secondary N) is 1. The second kappa shape index (κ2) is 5.20. The quantitative estimate of drug-likeness (QED) is 0.830. The van der Waals surface area contributed by atoms with Gasteiger partial charge < -0.3 is 10.2 Å². The highest BCUT2D eigenvalue weighted by Crippen LogP contribution is 2.23. The average molecular weight is 281 g/mol. The lowest BCUT2D eigenvalue weighted by atomic mass is 10.2. The number of carbonyl (C=O) groups is 1. The number of benzene rings is 1. The van der Waals surface area contributed by atoms with Gasteiger partial charge in [-0.05, 0) is 48.6 Å². The summed E-state index contributed by atoms with van der Waals surface area (Å²) < 4.78 is 5.40. The van der Waals surface area contributed by atoms with Crippen molar-refractivity contribution in [2.75, 3.05) is 0 Å². The van der Waals surface area contributed by atoms with Gasteiger partial charge in [0.1, 0.15) is 5.76 Å². The van der Waals surface area contributed by atoms with Crippen LogP contribution in [-0.2, 0) is 0 Å². The first-order valence-electron chi connectivity index (χ1n) is 5.03. The summed E-state index contributed by atoms with van der Waals surface area (Å²) in [4.78, 5) is 11.6. The molecular formula is C12H9ClN2O2S. The lowest BCUT2D eigenvalue weighted by Crippen LogP contribution is -2.34. The van der Waals surface area contributed by atoms with Crippen molar-refractivity contribution in [3.63, 3.8) is 0 Å². The van der Waals surface area contributed by atoms with Gasteiger partial charge in [-0.15, -0.1) is 0 Å². The Hall–Kier alpha value is -1.85. The van der Waals surface area contributed by atoms with E-state index in [1.165, 1.54) is 0 Å². The molecule has 3 N–H and O–H groups in total. The fraction of sp³-hybridized carbons (Fsp3) is 0. The zero-order valence-corrected chi connectivity index (χ0v) is 10.7. The first-order chi connectivity index (χ1) is 8.56. The number of nitrogens with two attached hydrogens (primary N) is 1. The Labute approximate surface area is 114 Å². The number of furan rings is 1. The van der Waals surface area contributed by atoms with E-state index in [1.54, 1.807) is 36.4 Å². The molecule has 1 heterocycles. The van der Waals surface area contributed by atoms with E-state index in [2.05, 4.69) is 17.5 Å². The molecular weight excluding hydrogens is 272 g/mol. The van der Waals surface area contributed by atoms with Gasteiger partial charge in [0, 0.05) is 10.6 Å². The molecule has 0 aliphatic carbocycles. The monoisotopic (exact) mass is 280 g/mol. The van der Waals surface area contributed by atoms with Crippen LogP contribution in [0.5, 0.6) is 0 Å². The van der Waals surface area contributed by atoms with Crippen molar-refractivity contribution in [3.8, 4) is 11.3 Å². The number of hydrogen-bond donors (Lipinski definition) is 2. The van der Waals surface area contributed by atoms with Crippen LogP contribution in [0.1, 0.15) is 10.6 Å². The van der Waals surface area contributed by atoms with E-state index in [0.29, 0.717) is 10.8 Å². The summed E-state index contributed by atoms with van der Waals surface area (Å²) in [6, 6.07) is 10.3. The molecule has 1 aromatic carbocycles. The highest BCUT2D eigenvalue weighted by atomic mass is 35.5. The van der Waals surface area contributed by atoms with E-state index < -0.39 is 5.91 Å². The number of halogens is 1. The van der Waals surface area contributed by atoms with Crippen molar-refractivity contribution < 1.29 is 9.21 Å². The van der Waals surface area contributed by atoms with Gasteiger partial charge in [-0.2, -0.15) is 0 Å². The van der Waals surface area contributed by atoms with Gasteiger partial charge >= 0.3 is 0 Å². The number of amides is 1. The van der Waals surface area contributed by atoms with Gasteiger partial charge in [0.15, 0.2) is 10.9 Å². The molecule has 0 unspecified atom stereocenters. The van der Waals surface area contributed by atoms with Crippen molar-refractivity contribution in [2.45, 2.75) is 0 Å². The Morgan fingerprint density at radius 1 is 1.22 bits per heavy atom. The summed E-state index contributed by atoms with van der Waals surface area (Å²) in [6.45, 7) is 0. The third kappa shape index (κ3) is 2.88. The number of hydrogen-bond acceptors (Lipinski definition) is 3. The van der Waals surface area contributed by atoms with E-state index in [1.807, 2.05) is 0 Å². The molecule has 2 aromatic rings. The summed E-state index contributed by atoms with van der Waals surface area (Å²) in [7, 11) is 0. The summed E-state index contributed by atoms with van der Waals surface area (Å²) in [5.41, 5.74) is 6.04. The first kappa shape index (κ1) is 12.6. The van der Waals surface area contributed by atoms with E-state index in [4.69, 9.17) is 21.8 Å². The Morgan fingerprint density at radius 3 is 2.50 bits per heavy atom. The predicted octanol–water partition coefficient (Wildman–Crippen LogP) is 2.57. The van der Waals surface area contributed by atoms with Crippen molar-refractivity contribution >= 4 is 34.8 Å². The van der Waals surface area contributed by atoms with Gasteiger partial charge in [-0.3, -0.25) is 10.1 Å². The van der Waals surface area contributed by atoms with Crippen LogP contribution in [-0.4, -0.2) is 11.0 Å². The zero-order chi connectivity index (χ0) is 13.1. The van der Waals surface area contributed by atoms with Crippen LogP contribution >= 0.6 is 23.8 Å². The van der Waals surface area contributed by atoms with Crippen LogP contribution in [0, 0.1) is 0 Å². The molecule has 92 valence electrons. The van der Waals surface area contributed by atoms with Crippen molar-refractivity contribution in [1.82, 2.24) is 5.32 Å². The number of carbonyl (C=O) groups excluding carboxylic acids is 1. The predicted molar refractivity (Wildman–Crippen MR) is 73.4 cm³/mol. The normalized spacial score (nSPS) is 10.1. The van der Waals surface area contributed by atoms with E-state index in [9.17, 15) is 4.79 Å². The fourth-order valence-electron chi connectivity index (χ4n) is 1.40. The van der Waals surface area contributed by atoms with Crippen LogP contribution in [0.25, 0.3) is 11.3 Å². The molecule has 1 aromatic heterocycles. The summed E-state index contributed by atoms with van der Waals surface area (Å²) in [5.74, 6) is 0.246. The molecule has 0 bridgehead atoms. The standard InChI is InChI=1S/C12H9ClN2O2S/c13-8-3-1-7(2-4-8)9-5-6-10(17-9)11(16)15-12(14)18/h1-6H,(H3,14,15,16,18). The Balaban J connectivity index is 2.22. The molecule has 0 spiro atoms. The van der Waals surface area contributed by atoms with Crippen LogP contribution < -0.4 is 11.1 Å². The number of thiocarbonyl (C=S) groups is 1. The maximum absolute atomic E-state index is 11.6. The minimum Gasteiger partial charge on any atom is -0.451 e. The minimum atomic E-state index is -0.470. The molecule has 4 nitrogen and oxygen atoms in total. The van der Waals surface area contributed by atoms with E-state index >= 15 is 0 Å². The van der Waals surface area contributed by atoms with Crippen LogP contribution in [0.4, 0.5) is 0 Å². The third-order valence-electron chi connectivity index (χ3n) is 2.20. The summed E-state index contributed by atoms with van der Waals surface area (Å²) in [6.07, 6.45) is 0.